The average Bonchev–Trinajstić information content (AvgIpc) is 2.62. The van der Waals surface area contributed by atoms with Gasteiger partial charge in [-0.05, 0) is 6.92 Å². The minimum Gasteiger partial charge on any atom is -0.334 e. The molecular formula is C9H12N4. The number of aryl methyl sites for hydroxylation is 2. The van der Waals surface area contributed by atoms with Crippen molar-refractivity contribution in [2.45, 2.75) is 6.92 Å². The molecule has 68 valence electrons. The summed E-state index contributed by atoms with van der Waals surface area (Å²) in [6.45, 7) is 2.04. The van der Waals surface area contributed by atoms with Crippen molar-refractivity contribution in [2.75, 3.05) is 0 Å². The zero-order chi connectivity index (χ0) is 9.42. The van der Waals surface area contributed by atoms with Crippen LogP contribution < -0.4 is 0 Å². The summed E-state index contributed by atoms with van der Waals surface area (Å²) in [5.41, 5.74) is 2.23. The van der Waals surface area contributed by atoms with E-state index in [0.717, 1.165) is 17.1 Å². The van der Waals surface area contributed by atoms with E-state index in [9.17, 15) is 0 Å². The van der Waals surface area contributed by atoms with Gasteiger partial charge in [0.05, 0.1) is 11.8 Å². The molecule has 13 heavy (non-hydrogen) atoms. The molecule has 2 aromatic rings. The van der Waals surface area contributed by atoms with Crippen LogP contribution in [0.3, 0.4) is 0 Å². The lowest BCUT2D eigenvalue weighted by Gasteiger charge is -2.00. The summed E-state index contributed by atoms with van der Waals surface area (Å²) in [4.78, 5) is 4.27. The van der Waals surface area contributed by atoms with E-state index >= 15 is 0 Å². The van der Waals surface area contributed by atoms with Crippen molar-refractivity contribution in [1.29, 1.82) is 0 Å². The molecule has 0 saturated carbocycles. The Morgan fingerprint density at radius 2 is 2.08 bits per heavy atom. The minimum atomic E-state index is 0.964. The van der Waals surface area contributed by atoms with Crippen LogP contribution in [0.5, 0.6) is 0 Å². The summed E-state index contributed by atoms with van der Waals surface area (Å²) >= 11 is 0. The number of aromatic nitrogens is 4. The second kappa shape index (κ2) is 2.73. The lowest BCUT2D eigenvalue weighted by atomic mass is 10.2. The monoisotopic (exact) mass is 176 g/mol. The molecule has 0 unspecified atom stereocenters. The largest absolute Gasteiger partial charge is 0.334 e. The maximum Gasteiger partial charge on any atom is 0.143 e. The van der Waals surface area contributed by atoms with Gasteiger partial charge in [-0.1, -0.05) is 0 Å². The first-order chi connectivity index (χ1) is 6.20. The van der Waals surface area contributed by atoms with Gasteiger partial charge in [-0.15, -0.1) is 0 Å². The molecule has 0 aliphatic carbocycles. The van der Waals surface area contributed by atoms with Crippen molar-refractivity contribution < 1.29 is 0 Å². The lowest BCUT2D eigenvalue weighted by Crippen LogP contribution is -1.95. The van der Waals surface area contributed by atoms with Crippen molar-refractivity contribution in [3.8, 4) is 11.4 Å². The van der Waals surface area contributed by atoms with Crippen molar-refractivity contribution in [2.24, 2.45) is 14.1 Å². The molecule has 0 aliphatic heterocycles. The smallest absolute Gasteiger partial charge is 0.143 e. The number of imidazole rings is 1. The molecule has 0 aromatic carbocycles. The summed E-state index contributed by atoms with van der Waals surface area (Å²) < 4.78 is 3.84. The number of nitrogens with zero attached hydrogens (tertiary/aromatic N) is 4. The Morgan fingerprint density at radius 3 is 2.54 bits per heavy atom. The van der Waals surface area contributed by atoms with Crippen LogP contribution in [0.4, 0.5) is 0 Å². The van der Waals surface area contributed by atoms with E-state index in [1.54, 1.807) is 6.20 Å². The first-order valence-corrected chi connectivity index (χ1v) is 4.16. The molecule has 0 bridgehead atoms. The van der Waals surface area contributed by atoms with Gasteiger partial charge in [0.15, 0.2) is 0 Å². The maximum atomic E-state index is 4.27. The number of rotatable bonds is 1. The van der Waals surface area contributed by atoms with E-state index in [0.29, 0.717) is 0 Å². The SMILES string of the molecule is Cc1c(-c2nccn2C)cnn1C. The van der Waals surface area contributed by atoms with Crippen LogP contribution in [0, 0.1) is 6.92 Å². The number of hydrogen-bond donors (Lipinski definition) is 0. The first kappa shape index (κ1) is 8.04. The Hall–Kier alpha value is -1.58. The van der Waals surface area contributed by atoms with Crippen LogP contribution in [-0.4, -0.2) is 19.3 Å². The van der Waals surface area contributed by atoms with Crippen LogP contribution in [0.1, 0.15) is 5.69 Å². The van der Waals surface area contributed by atoms with E-state index in [-0.39, 0.29) is 0 Å². The Bertz CT molecular complexity index is 425. The Labute approximate surface area is 76.8 Å². The van der Waals surface area contributed by atoms with Gasteiger partial charge in [-0.25, -0.2) is 4.98 Å². The van der Waals surface area contributed by atoms with E-state index < -0.39 is 0 Å². The topological polar surface area (TPSA) is 35.6 Å². The Kier molecular flexibility index (Phi) is 1.69. The first-order valence-electron chi connectivity index (χ1n) is 4.16. The van der Waals surface area contributed by atoms with Crippen molar-refractivity contribution in [1.82, 2.24) is 19.3 Å². The molecule has 4 heteroatoms. The molecule has 2 rings (SSSR count). The Balaban J connectivity index is 2.59. The molecular weight excluding hydrogens is 164 g/mol. The fraction of sp³-hybridized carbons (Fsp3) is 0.333. The summed E-state index contributed by atoms with van der Waals surface area (Å²) in [6, 6.07) is 0. The normalized spacial score (nSPS) is 10.7. The molecule has 4 nitrogen and oxygen atoms in total. The van der Waals surface area contributed by atoms with Gasteiger partial charge >= 0.3 is 0 Å². The Morgan fingerprint density at radius 1 is 1.31 bits per heavy atom. The fourth-order valence-electron chi connectivity index (χ4n) is 1.34. The average molecular weight is 176 g/mol. The van der Waals surface area contributed by atoms with Gasteiger partial charge in [0.2, 0.25) is 0 Å². The predicted molar refractivity (Wildman–Crippen MR) is 50.1 cm³/mol. The molecule has 0 N–H and O–H groups in total. The molecule has 0 atom stereocenters. The zero-order valence-electron chi connectivity index (χ0n) is 8.02. The quantitative estimate of drug-likeness (QED) is 0.653. The summed E-state index contributed by atoms with van der Waals surface area (Å²) in [5.74, 6) is 0.964. The lowest BCUT2D eigenvalue weighted by molar-refractivity contribution is 0.740. The van der Waals surface area contributed by atoms with Crippen LogP contribution in [0.2, 0.25) is 0 Å². The molecule has 0 radical (unpaired) electrons. The third kappa shape index (κ3) is 1.14. The number of hydrogen-bond acceptors (Lipinski definition) is 2. The van der Waals surface area contributed by atoms with E-state index in [4.69, 9.17) is 0 Å². The molecule has 0 saturated heterocycles. The van der Waals surface area contributed by atoms with Crippen LogP contribution in [0.15, 0.2) is 18.6 Å². The molecule has 0 fully saturated rings. The standard InChI is InChI=1S/C9H12N4/c1-7-8(6-11-13(7)3)9-10-4-5-12(9)2/h4-6H,1-3H3. The van der Waals surface area contributed by atoms with E-state index in [2.05, 4.69) is 10.1 Å². The minimum absolute atomic E-state index is 0.964. The van der Waals surface area contributed by atoms with Gasteiger partial charge in [0.25, 0.3) is 0 Å². The van der Waals surface area contributed by atoms with Crippen molar-refractivity contribution >= 4 is 0 Å². The second-order valence-electron chi connectivity index (χ2n) is 3.13. The van der Waals surface area contributed by atoms with Crippen LogP contribution in [-0.2, 0) is 14.1 Å². The third-order valence-electron chi connectivity index (χ3n) is 2.30. The van der Waals surface area contributed by atoms with Gasteiger partial charge in [0, 0.05) is 32.2 Å². The predicted octanol–water partition coefficient (Wildman–Crippen LogP) is 1.13. The fourth-order valence-corrected chi connectivity index (χ4v) is 1.34. The van der Waals surface area contributed by atoms with Gasteiger partial charge in [-0.2, -0.15) is 5.10 Å². The highest BCUT2D eigenvalue weighted by molar-refractivity contribution is 5.57. The summed E-state index contributed by atoms with van der Waals surface area (Å²) in [7, 11) is 3.91. The molecule has 2 heterocycles. The van der Waals surface area contributed by atoms with E-state index in [1.165, 1.54) is 0 Å². The van der Waals surface area contributed by atoms with Crippen molar-refractivity contribution in [3.05, 3.63) is 24.3 Å². The molecule has 0 aliphatic rings. The van der Waals surface area contributed by atoms with Gasteiger partial charge in [-0.3, -0.25) is 4.68 Å². The second-order valence-corrected chi connectivity index (χ2v) is 3.13. The molecule has 0 spiro atoms. The van der Waals surface area contributed by atoms with Crippen molar-refractivity contribution in [3.63, 3.8) is 0 Å². The van der Waals surface area contributed by atoms with E-state index in [1.807, 2.05) is 42.7 Å². The van der Waals surface area contributed by atoms with Gasteiger partial charge in [0.1, 0.15) is 5.82 Å². The molecule has 0 amide bonds. The highest BCUT2D eigenvalue weighted by Crippen LogP contribution is 2.19. The summed E-state index contributed by atoms with van der Waals surface area (Å²) in [6.07, 6.45) is 5.57. The van der Waals surface area contributed by atoms with Crippen LogP contribution in [0.25, 0.3) is 11.4 Å². The highest BCUT2D eigenvalue weighted by atomic mass is 15.3. The molecule has 2 aromatic heterocycles. The third-order valence-corrected chi connectivity index (χ3v) is 2.30. The van der Waals surface area contributed by atoms with Crippen LogP contribution >= 0.6 is 0 Å². The summed E-state index contributed by atoms with van der Waals surface area (Å²) in [5, 5.41) is 4.18. The highest BCUT2D eigenvalue weighted by Gasteiger charge is 2.09. The van der Waals surface area contributed by atoms with Gasteiger partial charge < -0.3 is 4.57 Å². The maximum absolute atomic E-state index is 4.27. The zero-order valence-corrected chi connectivity index (χ0v) is 8.02.